The molecule has 0 bridgehead atoms. The minimum Gasteiger partial charge on any atom is -0.478 e. The number of carbonyl (C=O) groups is 1. The fourth-order valence-corrected chi connectivity index (χ4v) is 6.44. The van der Waals surface area contributed by atoms with Gasteiger partial charge in [0.2, 0.25) is 0 Å². The van der Waals surface area contributed by atoms with E-state index in [1.54, 1.807) is 12.3 Å². The Kier molecular flexibility index (Phi) is 5.31. The van der Waals surface area contributed by atoms with Crippen molar-refractivity contribution in [3.63, 3.8) is 0 Å². The maximum absolute atomic E-state index is 13.7. The van der Waals surface area contributed by atoms with Crippen molar-refractivity contribution in [2.24, 2.45) is 0 Å². The van der Waals surface area contributed by atoms with Crippen molar-refractivity contribution in [3.8, 4) is 10.4 Å². The topological polar surface area (TPSA) is 84.3 Å². The molecule has 32 heavy (non-hydrogen) atoms. The number of benzene rings is 2. The summed E-state index contributed by atoms with van der Waals surface area (Å²) in [5.41, 5.74) is 4.36. The summed E-state index contributed by atoms with van der Waals surface area (Å²) in [5, 5.41) is 9.43. The molecule has 0 aliphatic heterocycles. The smallest absolute Gasteiger partial charge is 0.335 e. The largest absolute Gasteiger partial charge is 0.478 e. The molecular formula is C25H21NO4S2. The minimum atomic E-state index is -3.77. The molecule has 0 saturated heterocycles. The monoisotopic (exact) mass is 463 g/mol. The number of aromatic carboxylic acids is 1. The summed E-state index contributed by atoms with van der Waals surface area (Å²) in [4.78, 5) is 12.6. The highest BCUT2D eigenvalue weighted by molar-refractivity contribution is 7.90. The fraction of sp³-hybridized carbons (Fsp3) is 0.200. The highest BCUT2D eigenvalue weighted by Gasteiger charge is 2.32. The summed E-state index contributed by atoms with van der Waals surface area (Å²) in [6.07, 6.45) is 10.4. The Bertz CT molecular complexity index is 1360. The molecule has 0 radical (unpaired) electrons. The second-order valence-electron chi connectivity index (χ2n) is 8.16. The first kappa shape index (κ1) is 20.8. The molecule has 0 unspecified atom stereocenters. The molecular weight excluding hydrogens is 442 g/mol. The molecule has 1 fully saturated rings. The van der Waals surface area contributed by atoms with E-state index in [9.17, 15) is 18.3 Å². The van der Waals surface area contributed by atoms with Crippen LogP contribution in [-0.4, -0.2) is 23.9 Å². The minimum absolute atomic E-state index is 0.00527. The van der Waals surface area contributed by atoms with E-state index < -0.39 is 15.8 Å². The van der Waals surface area contributed by atoms with E-state index in [1.807, 2.05) is 42.5 Å². The van der Waals surface area contributed by atoms with Crippen LogP contribution >= 0.6 is 11.5 Å². The molecule has 3 aromatic rings. The van der Waals surface area contributed by atoms with Gasteiger partial charge in [0, 0.05) is 6.20 Å². The van der Waals surface area contributed by atoms with Gasteiger partial charge < -0.3 is 5.11 Å². The Morgan fingerprint density at radius 2 is 1.97 bits per heavy atom. The molecule has 162 valence electrons. The highest BCUT2D eigenvalue weighted by atomic mass is 32.2. The van der Waals surface area contributed by atoms with Crippen molar-refractivity contribution in [1.82, 2.24) is 4.37 Å². The van der Waals surface area contributed by atoms with Crippen LogP contribution in [0.15, 0.2) is 71.8 Å². The Labute approximate surface area is 190 Å². The average Bonchev–Trinajstić information content (AvgIpc) is 3.23. The third-order valence-corrected chi connectivity index (χ3v) is 8.41. The molecule has 1 aromatic heterocycles. The lowest BCUT2D eigenvalue weighted by atomic mass is 9.97. The standard InChI is InChI=1S/C25H21NO4S2/c27-25(28)19-8-10-22(17-5-6-17)24(14-19)32(29,30)15-20-13-18(23-11-12-26-31-23)7-9-21(20)16-3-1-2-4-16/h1-3,7-14,17H,4-6,15H2,(H,27,28). The summed E-state index contributed by atoms with van der Waals surface area (Å²) in [6, 6.07) is 12.3. The SMILES string of the molecule is O=C(O)c1ccc(C2CC2)c(S(=O)(=O)Cc2cc(-c3ccns3)ccc2C2=CC=CC2)c1. The maximum Gasteiger partial charge on any atom is 0.335 e. The number of hydrogen-bond donors (Lipinski definition) is 1. The van der Waals surface area contributed by atoms with Crippen molar-refractivity contribution in [3.05, 3.63) is 89.1 Å². The van der Waals surface area contributed by atoms with Crippen LogP contribution in [0.5, 0.6) is 0 Å². The zero-order valence-corrected chi connectivity index (χ0v) is 18.8. The second-order valence-corrected chi connectivity index (χ2v) is 11.0. The van der Waals surface area contributed by atoms with Crippen molar-refractivity contribution >= 4 is 32.9 Å². The molecule has 1 heterocycles. The van der Waals surface area contributed by atoms with Gasteiger partial charge in [0.05, 0.1) is 21.1 Å². The molecule has 0 amide bonds. The normalized spacial score (nSPS) is 15.7. The molecule has 0 spiro atoms. The number of carboxylic acids is 1. The maximum atomic E-state index is 13.7. The van der Waals surface area contributed by atoms with Gasteiger partial charge in [-0.05, 0) is 88.8 Å². The van der Waals surface area contributed by atoms with Gasteiger partial charge in [-0.25, -0.2) is 17.6 Å². The molecule has 7 heteroatoms. The van der Waals surface area contributed by atoms with Crippen molar-refractivity contribution in [2.75, 3.05) is 0 Å². The predicted molar refractivity (Wildman–Crippen MR) is 126 cm³/mol. The molecule has 5 rings (SSSR count). The lowest BCUT2D eigenvalue weighted by molar-refractivity contribution is 0.0696. The molecule has 5 nitrogen and oxygen atoms in total. The van der Waals surface area contributed by atoms with Gasteiger partial charge in [-0.15, -0.1) is 0 Å². The zero-order valence-electron chi connectivity index (χ0n) is 17.2. The molecule has 2 aliphatic rings. The van der Waals surface area contributed by atoms with Crippen molar-refractivity contribution < 1.29 is 18.3 Å². The number of allylic oxidation sites excluding steroid dienone is 4. The average molecular weight is 464 g/mol. The molecule has 1 N–H and O–H groups in total. The predicted octanol–water partition coefficient (Wildman–Crippen LogP) is 5.70. The van der Waals surface area contributed by atoms with E-state index in [2.05, 4.69) is 4.37 Å². The van der Waals surface area contributed by atoms with Gasteiger partial charge in [0.15, 0.2) is 9.84 Å². The number of aromatic nitrogens is 1. The summed E-state index contributed by atoms with van der Waals surface area (Å²) >= 11 is 1.37. The summed E-state index contributed by atoms with van der Waals surface area (Å²) in [5.74, 6) is -1.12. The third kappa shape index (κ3) is 4.06. The van der Waals surface area contributed by atoms with E-state index in [1.165, 1.54) is 23.7 Å². The Morgan fingerprint density at radius 3 is 2.62 bits per heavy atom. The molecule has 1 saturated carbocycles. The number of hydrogen-bond acceptors (Lipinski definition) is 5. The summed E-state index contributed by atoms with van der Waals surface area (Å²) in [7, 11) is -3.77. The Morgan fingerprint density at radius 1 is 1.12 bits per heavy atom. The lowest BCUT2D eigenvalue weighted by Crippen LogP contribution is -2.11. The van der Waals surface area contributed by atoms with Crippen LogP contribution in [0.25, 0.3) is 16.0 Å². The van der Waals surface area contributed by atoms with Crippen LogP contribution in [0.2, 0.25) is 0 Å². The number of carboxylic acid groups (broad SMARTS) is 1. The highest BCUT2D eigenvalue weighted by Crippen LogP contribution is 2.44. The van der Waals surface area contributed by atoms with E-state index in [4.69, 9.17) is 0 Å². The summed E-state index contributed by atoms with van der Waals surface area (Å²) < 4.78 is 31.5. The Balaban J connectivity index is 1.60. The van der Waals surface area contributed by atoms with Crippen molar-refractivity contribution in [1.29, 1.82) is 0 Å². The molecule has 2 aromatic carbocycles. The second kappa shape index (κ2) is 8.15. The van der Waals surface area contributed by atoms with Gasteiger partial charge in [0.25, 0.3) is 0 Å². The Hall–Kier alpha value is -3.03. The van der Waals surface area contributed by atoms with Gasteiger partial charge in [-0.2, -0.15) is 0 Å². The quantitative estimate of drug-likeness (QED) is 0.486. The van der Waals surface area contributed by atoms with E-state index in [-0.39, 0.29) is 22.1 Å². The van der Waals surface area contributed by atoms with Crippen molar-refractivity contribution in [2.45, 2.75) is 35.8 Å². The number of rotatable bonds is 7. The van der Waals surface area contributed by atoms with Crippen LogP contribution in [0.1, 0.15) is 52.2 Å². The first-order valence-corrected chi connectivity index (χ1v) is 12.8. The van der Waals surface area contributed by atoms with Crippen LogP contribution in [0, 0.1) is 0 Å². The first-order valence-electron chi connectivity index (χ1n) is 10.4. The van der Waals surface area contributed by atoms with E-state index in [0.29, 0.717) is 5.56 Å². The van der Waals surface area contributed by atoms with Gasteiger partial charge in [-0.1, -0.05) is 36.4 Å². The first-order chi connectivity index (χ1) is 15.4. The lowest BCUT2D eigenvalue weighted by Gasteiger charge is -2.15. The van der Waals surface area contributed by atoms with E-state index in [0.717, 1.165) is 46.4 Å². The van der Waals surface area contributed by atoms with Gasteiger partial charge in [-0.3, -0.25) is 0 Å². The van der Waals surface area contributed by atoms with Crippen LogP contribution in [0.4, 0.5) is 0 Å². The fourth-order valence-electron chi connectivity index (χ4n) is 4.14. The van der Waals surface area contributed by atoms with Gasteiger partial charge >= 0.3 is 5.97 Å². The van der Waals surface area contributed by atoms with E-state index >= 15 is 0 Å². The van der Waals surface area contributed by atoms with Crippen LogP contribution in [0.3, 0.4) is 0 Å². The number of sulfone groups is 1. The summed E-state index contributed by atoms with van der Waals surface area (Å²) in [6.45, 7) is 0. The van der Waals surface area contributed by atoms with Crippen LogP contribution < -0.4 is 0 Å². The zero-order chi connectivity index (χ0) is 22.3. The van der Waals surface area contributed by atoms with Gasteiger partial charge in [0.1, 0.15) is 0 Å². The molecule has 2 aliphatic carbocycles. The molecule has 0 atom stereocenters. The third-order valence-electron chi connectivity index (χ3n) is 5.90. The number of nitrogens with zero attached hydrogens (tertiary/aromatic N) is 1. The van der Waals surface area contributed by atoms with Crippen LogP contribution in [-0.2, 0) is 15.6 Å².